The van der Waals surface area contributed by atoms with E-state index in [1.807, 2.05) is 42.5 Å². The minimum Gasteiger partial charge on any atom is -0.466 e. The molecule has 0 fully saturated rings. The Morgan fingerprint density at radius 1 is 0.301 bits per heavy atom. The lowest BCUT2D eigenvalue weighted by Gasteiger charge is -2.17. The fraction of sp³-hybridized carbons (Fsp3) is 0. The van der Waals surface area contributed by atoms with E-state index in [2.05, 4.69) is 257 Å². The van der Waals surface area contributed by atoms with Gasteiger partial charge in [0.2, 0.25) is 0 Å². The molecule has 0 bridgehead atoms. The third-order valence-corrected chi connectivity index (χ3v) is 16.4. The van der Waals surface area contributed by atoms with E-state index in [0.29, 0.717) is 28.4 Å². The molecule has 4 heterocycles. The lowest BCUT2D eigenvalue weighted by molar-refractivity contribution is 0.671. The summed E-state index contributed by atoms with van der Waals surface area (Å²) in [7, 11) is 0. The maximum Gasteiger partial charge on any atom is 0.252 e. The van der Waals surface area contributed by atoms with Crippen molar-refractivity contribution >= 4 is 71.2 Å². The molecule has 83 heavy (non-hydrogen) atoms. The van der Waals surface area contributed by atoms with Crippen molar-refractivity contribution in [3.8, 4) is 89.8 Å². The van der Waals surface area contributed by atoms with Gasteiger partial charge < -0.3 is 13.6 Å². The van der Waals surface area contributed by atoms with Crippen molar-refractivity contribution in [2.45, 2.75) is 0 Å². The first-order valence-electron chi connectivity index (χ1n) is 27.9. The van der Waals surface area contributed by atoms with Gasteiger partial charge in [0.1, 0.15) is 11.2 Å². The van der Waals surface area contributed by atoms with E-state index in [4.69, 9.17) is 14.4 Å². The van der Waals surface area contributed by atoms with E-state index in [1.165, 1.54) is 0 Å². The van der Waals surface area contributed by atoms with E-state index in [0.717, 1.165) is 133 Å². The normalized spacial score (nSPS) is 11.6. The fourth-order valence-electron chi connectivity index (χ4n) is 12.4. The van der Waals surface area contributed by atoms with Crippen LogP contribution in [0.3, 0.4) is 0 Å². The first-order valence-corrected chi connectivity index (χ1v) is 27.9. The molecule has 0 unspecified atom stereocenters. The molecule has 0 amide bonds. The Labute approximate surface area is 478 Å². The molecule has 6 nitrogen and oxygen atoms in total. The summed E-state index contributed by atoms with van der Waals surface area (Å²) in [4.78, 5) is 15.2. The van der Waals surface area contributed by atoms with Gasteiger partial charge in [0.05, 0.1) is 57.0 Å². The summed E-state index contributed by atoms with van der Waals surface area (Å²) in [6.45, 7) is 9.35. The Balaban J connectivity index is 1.04. The zero-order chi connectivity index (χ0) is 55.0. The molecule has 12 aromatic carbocycles. The molecule has 0 saturated carbocycles. The quantitative estimate of drug-likeness (QED) is 0.135. The number of para-hydroxylation sites is 1. The average Bonchev–Trinajstić information content (AvgIpc) is 2.16. The number of benzene rings is 12. The number of furan rings is 1. The van der Waals surface area contributed by atoms with E-state index in [1.54, 1.807) is 0 Å². The molecular formula is C77H47N5O. The Morgan fingerprint density at radius 2 is 0.663 bits per heavy atom. The number of hydrogen-bond acceptors (Lipinski definition) is 3. The Morgan fingerprint density at radius 3 is 1.04 bits per heavy atom. The van der Waals surface area contributed by atoms with Crippen LogP contribution in [0.5, 0.6) is 0 Å². The van der Waals surface area contributed by atoms with Gasteiger partial charge in [0, 0.05) is 43.4 Å². The molecule has 0 saturated heterocycles. The zero-order valence-electron chi connectivity index (χ0n) is 44.8. The first kappa shape index (κ1) is 47.6. The maximum absolute atomic E-state index is 9.35. The fourth-order valence-corrected chi connectivity index (χ4v) is 12.4. The SMILES string of the molecule is [C-]#[N+]c1c(-n2c3ccc(-c4ccccc4)cc3c3cc(-c4ccccc4)ccc32)cc(-n2c3ccc(-c4ccccc4)cc3c3cc(-c4ccccc4)ccc32)c2c1oc1c(-c3nc(-c4ccccc4)cc(-c4ccccc4)n3)cccc12. The van der Waals surface area contributed by atoms with Crippen molar-refractivity contribution in [2.75, 3.05) is 0 Å². The van der Waals surface area contributed by atoms with Crippen molar-refractivity contribution in [2.24, 2.45) is 0 Å². The summed E-state index contributed by atoms with van der Waals surface area (Å²) in [5.41, 5.74) is 20.3. The Hall–Kier alpha value is -11.4. The molecule has 386 valence electrons. The van der Waals surface area contributed by atoms with Crippen LogP contribution >= 0.6 is 0 Å². The van der Waals surface area contributed by atoms with Crippen molar-refractivity contribution in [1.82, 2.24) is 19.1 Å². The van der Waals surface area contributed by atoms with Gasteiger partial charge in [0.15, 0.2) is 5.82 Å². The number of rotatable bonds is 9. The highest BCUT2D eigenvalue weighted by molar-refractivity contribution is 6.21. The molecule has 0 aliphatic rings. The van der Waals surface area contributed by atoms with E-state index < -0.39 is 0 Å². The Kier molecular flexibility index (Phi) is 11.2. The van der Waals surface area contributed by atoms with Crippen molar-refractivity contribution in [3.05, 3.63) is 297 Å². The molecule has 0 atom stereocenters. The van der Waals surface area contributed by atoms with E-state index in [-0.39, 0.29) is 0 Å². The van der Waals surface area contributed by atoms with Crippen molar-refractivity contribution in [1.29, 1.82) is 0 Å². The number of nitrogens with zero attached hydrogens (tertiary/aromatic N) is 5. The van der Waals surface area contributed by atoms with Crippen molar-refractivity contribution in [3.63, 3.8) is 0 Å². The lowest BCUT2D eigenvalue weighted by atomic mass is 10.0. The summed E-state index contributed by atoms with van der Waals surface area (Å²) >= 11 is 0. The van der Waals surface area contributed by atoms with Crippen LogP contribution < -0.4 is 0 Å². The smallest absolute Gasteiger partial charge is 0.252 e. The van der Waals surface area contributed by atoms with E-state index in [9.17, 15) is 6.57 Å². The molecule has 0 radical (unpaired) electrons. The van der Waals surface area contributed by atoms with Gasteiger partial charge in [-0.1, -0.05) is 218 Å². The predicted molar refractivity (Wildman–Crippen MR) is 342 cm³/mol. The minimum absolute atomic E-state index is 0.395. The third kappa shape index (κ3) is 7.94. The van der Waals surface area contributed by atoms with Crippen LogP contribution in [-0.4, -0.2) is 19.1 Å². The largest absolute Gasteiger partial charge is 0.466 e. The summed E-state index contributed by atoms with van der Waals surface area (Å²) in [6, 6.07) is 100. The number of aromatic nitrogens is 4. The van der Waals surface area contributed by atoms with Crippen LogP contribution in [0.25, 0.3) is 160 Å². The van der Waals surface area contributed by atoms with Crippen LogP contribution in [0.4, 0.5) is 5.69 Å². The number of hydrogen-bond donors (Lipinski definition) is 0. The average molecular weight is 1060 g/mol. The minimum atomic E-state index is 0.395. The highest BCUT2D eigenvalue weighted by atomic mass is 16.3. The summed E-state index contributed by atoms with van der Waals surface area (Å²) in [6.07, 6.45) is 0. The summed E-state index contributed by atoms with van der Waals surface area (Å²) in [5.74, 6) is 0.519. The maximum atomic E-state index is 9.35. The second kappa shape index (κ2) is 19.5. The monoisotopic (exact) mass is 1060 g/mol. The van der Waals surface area contributed by atoms with Crippen LogP contribution in [0.2, 0.25) is 0 Å². The molecule has 16 rings (SSSR count). The van der Waals surface area contributed by atoms with Crippen LogP contribution in [-0.2, 0) is 0 Å². The van der Waals surface area contributed by atoms with Gasteiger partial charge in [0.25, 0.3) is 5.69 Å². The molecule has 4 aromatic heterocycles. The van der Waals surface area contributed by atoms with Gasteiger partial charge in [-0.15, -0.1) is 0 Å². The molecular weight excluding hydrogens is 1010 g/mol. The molecule has 16 aromatic rings. The van der Waals surface area contributed by atoms with Gasteiger partial charge in [-0.2, -0.15) is 0 Å². The zero-order valence-corrected chi connectivity index (χ0v) is 44.8. The molecule has 0 aliphatic carbocycles. The van der Waals surface area contributed by atoms with Gasteiger partial charge >= 0.3 is 0 Å². The highest BCUT2D eigenvalue weighted by Crippen LogP contribution is 2.50. The van der Waals surface area contributed by atoms with Crippen LogP contribution in [0.1, 0.15) is 0 Å². The standard InChI is InChI=1S/C77H47N5O/c1-78-74-72(82-69-41-37-57(51-25-12-4-13-26-51)45-63(69)64-46-58(38-42-70(64)82)52-27-14-5-15-28-52)48-71(81-67-39-35-55(49-21-8-2-9-22-49)43-61(67)62-44-56(36-40-68(62)81)50-23-10-3-11-24-50)73-59-33-20-34-60(75(59)83-76(73)74)77-79-65(53-29-16-6-17-30-53)47-66(80-77)54-31-18-7-19-32-54/h2-48H. The predicted octanol–water partition coefficient (Wildman–Crippen LogP) is 20.8. The molecule has 6 heteroatoms. The second-order valence-electron chi connectivity index (χ2n) is 21.1. The van der Waals surface area contributed by atoms with Gasteiger partial charge in [-0.05, 0) is 111 Å². The molecule has 0 aliphatic heterocycles. The third-order valence-electron chi connectivity index (χ3n) is 16.4. The lowest BCUT2D eigenvalue weighted by Crippen LogP contribution is -2.00. The Bertz CT molecular complexity index is 4980. The highest BCUT2D eigenvalue weighted by Gasteiger charge is 2.28. The van der Waals surface area contributed by atoms with Crippen LogP contribution in [0.15, 0.2) is 290 Å². The number of fused-ring (bicyclic) bond motifs is 9. The van der Waals surface area contributed by atoms with Gasteiger partial charge in [-0.3, -0.25) is 0 Å². The second-order valence-corrected chi connectivity index (χ2v) is 21.1. The topological polar surface area (TPSA) is 53.1 Å². The summed E-state index contributed by atoms with van der Waals surface area (Å²) in [5, 5.41) is 6.03. The molecule has 0 spiro atoms. The van der Waals surface area contributed by atoms with Crippen LogP contribution in [0, 0.1) is 6.57 Å². The van der Waals surface area contributed by atoms with Gasteiger partial charge in [-0.25, -0.2) is 14.8 Å². The van der Waals surface area contributed by atoms with Crippen molar-refractivity contribution < 1.29 is 4.42 Å². The van der Waals surface area contributed by atoms with E-state index >= 15 is 0 Å². The summed E-state index contributed by atoms with van der Waals surface area (Å²) < 4.78 is 12.1. The first-order chi connectivity index (χ1) is 41.1. The molecule has 0 N–H and O–H groups in total.